The first kappa shape index (κ1) is 7.53. The molecule has 2 fully saturated rings. The SMILES string of the molecule is CC[C@]12CO[C@@H](C1O)[C@H](C)O2. The van der Waals surface area contributed by atoms with Gasteiger partial charge in [0.1, 0.15) is 17.8 Å². The molecule has 0 spiro atoms. The van der Waals surface area contributed by atoms with E-state index in [0.29, 0.717) is 6.61 Å². The Morgan fingerprint density at radius 2 is 2.36 bits per heavy atom. The Labute approximate surface area is 66.3 Å². The van der Waals surface area contributed by atoms with Crippen LogP contribution in [0.15, 0.2) is 0 Å². The van der Waals surface area contributed by atoms with Crippen LogP contribution in [-0.4, -0.2) is 35.6 Å². The predicted molar refractivity (Wildman–Crippen MR) is 39.3 cm³/mol. The summed E-state index contributed by atoms with van der Waals surface area (Å²) in [5.41, 5.74) is -0.385. The van der Waals surface area contributed by atoms with Crippen molar-refractivity contribution in [1.82, 2.24) is 0 Å². The van der Waals surface area contributed by atoms with Crippen LogP contribution in [0.3, 0.4) is 0 Å². The lowest BCUT2D eigenvalue weighted by atomic mass is 9.96. The molecule has 0 amide bonds. The predicted octanol–water partition coefficient (Wildman–Crippen LogP) is 0.314. The third-order valence-electron chi connectivity index (χ3n) is 2.85. The van der Waals surface area contributed by atoms with Crippen LogP contribution in [-0.2, 0) is 9.47 Å². The van der Waals surface area contributed by atoms with E-state index in [9.17, 15) is 5.11 Å². The molecule has 3 nitrogen and oxygen atoms in total. The number of hydrogen-bond acceptors (Lipinski definition) is 3. The van der Waals surface area contributed by atoms with Gasteiger partial charge >= 0.3 is 0 Å². The molecule has 2 heterocycles. The topological polar surface area (TPSA) is 38.7 Å². The van der Waals surface area contributed by atoms with E-state index in [1.165, 1.54) is 0 Å². The lowest BCUT2D eigenvalue weighted by Gasteiger charge is -2.27. The van der Waals surface area contributed by atoms with Crippen LogP contribution in [0.2, 0.25) is 0 Å². The van der Waals surface area contributed by atoms with Crippen molar-refractivity contribution in [2.24, 2.45) is 0 Å². The van der Waals surface area contributed by atoms with Crippen molar-refractivity contribution in [3.63, 3.8) is 0 Å². The summed E-state index contributed by atoms with van der Waals surface area (Å²) in [6, 6.07) is 0. The van der Waals surface area contributed by atoms with Gasteiger partial charge in [-0.1, -0.05) is 6.92 Å². The van der Waals surface area contributed by atoms with Gasteiger partial charge in [0.2, 0.25) is 0 Å². The number of ether oxygens (including phenoxy) is 2. The summed E-state index contributed by atoms with van der Waals surface area (Å²) in [5.74, 6) is 0. The number of hydrogen-bond donors (Lipinski definition) is 1. The highest BCUT2D eigenvalue weighted by atomic mass is 16.6. The standard InChI is InChI=1S/C8H14O3/c1-3-8-4-10-6(7(8)9)5(2)11-8/h5-7,9H,3-4H2,1-2H3/t5-,6+,7?,8-/m0/s1. The smallest absolute Gasteiger partial charge is 0.120 e. The number of fused-ring (bicyclic) bond motifs is 2. The summed E-state index contributed by atoms with van der Waals surface area (Å²) in [6.07, 6.45) is 0.380. The summed E-state index contributed by atoms with van der Waals surface area (Å²) in [4.78, 5) is 0. The molecule has 0 aromatic heterocycles. The molecule has 2 aliphatic rings. The van der Waals surface area contributed by atoms with Gasteiger partial charge in [-0.05, 0) is 13.3 Å². The maximum Gasteiger partial charge on any atom is 0.120 e. The molecule has 0 saturated carbocycles. The van der Waals surface area contributed by atoms with Gasteiger partial charge in [0.15, 0.2) is 0 Å². The van der Waals surface area contributed by atoms with E-state index in [0.717, 1.165) is 6.42 Å². The Morgan fingerprint density at radius 3 is 2.64 bits per heavy atom. The summed E-state index contributed by atoms with van der Waals surface area (Å²) >= 11 is 0. The molecule has 11 heavy (non-hydrogen) atoms. The highest BCUT2D eigenvalue weighted by molar-refractivity contribution is 5.05. The highest BCUT2D eigenvalue weighted by Crippen LogP contribution is 2.41. The molecule has 2 aliphatic heterocycles. The lowest BCUT2D eigenvalue weighted by Crippen LogP contribution is -2.39. The van der Waals surface area contributed by atoms with E-state index >= 15 is 0 Å². The second-order valence-electron chi connectivity index (χ2n) is 3.46. The van der Waals surface area contributed by atoms with Gasteiger partial charge in [-0.25, -0.2) is 0 Å². The molecule has 0 aromatic rings. The average Bonchev–Trinajstić information content (AvgIpc) is 2.42. The monoisotopic (exact) mass is 158 g/mol. The molecule has 4 atom stereocenters. The van der Waals surface area contributed by atoms with Crippen molar-refractivity contribution < 1.29 is 14.6 Å². The molecule has 0 radical (unpaired) electrons. The van der Waals surface area contributed by atoms with Crippen LogP contribution in [0.1, 0.15) is 20.3 Å². The van der Waals surface area contributed by atoms with Crippen LogP contribution >= 0.6 is 0 Å². The molecule has 0 aromatic carbocycles. The minimum Gasteiger partial charge on any atom is -0.387 e. The molecule has 1 unspecified atom stereocenters. The summed E-state index contributed by atoms with van der Waals surface area (Å²) in [6.45, 7) is 4.52. The number of aliphatic hydroxyl groups excluding tert-OH is 1. The molecule has 2 rings (SSSR count). The molecule has 3 heteroatoms. The van der Waals surface area contributed by atoms with Gasteiger partial charge in [0, 0.05) is 0 Å². The van der Waals surface area contributed by atoms with Gasteiger partial charge in [-0.3, -0.25) is 0 Å². The van der Waals surface area contributed by atoms with E-state index in [-0.39, 0.29) is 17.8 Å². The van der Waals surface area contributed by atoms with E-state index in [2.05, 4.69) is 0 Å². The van der Waals surface area contributed by atoms with Gasteiger partial charge < -0.3 is 14.6 Å². The highest BCUT2D eigenvalue weighted by Gasteiger charge is 2.58. The third kappa shape index (κ3) is 0.789. The second kappa shape index (κ2) is 2.19. The van der Waals surface area contributed by atoms with Crippen molar-refractivity contribution in [2.45, 2.75) is 44.2 Å². The molecular formula is C8H14O3. The van der Waals surface area contributed by atoms with Crippen LogP contribution in [0, 0.1) is 0 Å². The fourth-order valence-corrected chi connectivity index (χ4v) is 2.04. The normalized spacial score (nSPS) is 55.4. The first-order chi connectivity index (χ1) is 5.19. The van der Waals surface area contributed by atoms with Crippen LogP contribution in [0.5, 0.6) is 0 Å². The fourth-order valence-electron chi connectivity index (χ4n) is 2.04. The minimum atomic E-state index is -0.414. The van der Waals surface area contributed by atoms with Crippen molar-refractivity contribution >= 4 is 0 Å². The zero-order chi connectivity index (χ0) is 8.06. The van der Waals surface area contributed by atoms with E-state index in [4.69, 9.17) is 9.47 Å². The lowest BCUT2D eigenvalue weighted by molar-refractivity contribution is -0.139. The van der Waals surface area contributed by atoms with Crippen LogP contribution < -0.4 is 0 Å². The largest absolute Gasteiger partial charge is 0.387 e. The van der Waals surface area contributed by atoms with Gasteiger partial charge in [0.05, 0.1) is 12.7 Å². The Kier molecular flexibility index (Phi) is 1.50. The zero-order valence-electron chi connectivity index (χ0n) is 6.91. The van der Waals surface area contributed by atoms with Crippen molar-refractivity contribution in [1.29, 1.82) is 0 Å². The molecular weight excluding hydrogens is 144 g/mol. The Hall–Kier alpha value is -0.120. The van der Waals surface area contributed by atoms with E-state index < -0.39 is 6.10 Å². The van der Waals surface area contributed by atoms with Crippen molar-refractivity contribution in [2.75, 3.05) is 6.61 Å². The molecule has 2 saturated heterocycles. The maximum atomic E-state index is 9.70. The number of aliphatic hydroxyl groups is 1. The molecule has 0 aliphatic carbocycles. The summed E-state index contributed by atoms with van der Waals surface area (Å²) in [7, 11) is 0. The minimum absolute atomic E-state index is 0.0544. The van der Waals surface area contributed by atoms with Crippen LogP contribution in [0.25, 0.3) is 0 Å². The Morgan fingerprint density at radius 1 is 1.64 bits per heavy atom. The van der Waals surface area contributed by atoms with Crippen LogP contribution in [0.4, 0.5) is 0 Å². The Bertz CT molecular complexity index is 171. The average molecular weight is 158 g/mol. The van der Waals surface area contributed by atoms with Gasteiger partial charge in [-0.2, -0.15) is 0 Å². The summed E-state index contributed by atoms with van der Waals surface area (Å²) in [5, 5.41) is 9.70. The molecule has 64 valence electrons. The first-order valence-corrected chi connectivity index (χ1v) is 4.17. The van der Waals surface area contributed by atoms with Gasteiger partial charge in [0.25, 0.3) is 0 Å². The fraction of sp³-hybridized carbons (Fsp3) is 1.00. The maximum absolute atomic E-state index is 9.70. The third-order valence-corrected chi connectivity index (χ3v) is 2.85. The van der Waals surface area contributed by atoms with E-state index in [1.807, 2.05) is 13.8 Å². The quantitative estimate of drug-likeness (QED) is 0.597. The molecule has 2 bridgehead atoms. The van der Waals surface area contributed by atoms with E-state index in [1.54, 1.807) is 0 Å². The van der Waals surface area contributed by atoms with Gasteiger partial charge in [-0.15, -0.1) is 0 Å². The Balaban J connectivity index is 2.24. The molecule has 1 N–H and O–H groups in total. The zero-order valence-corrected chi connectivity index (χ0v) is 6.91. The second-order valence-corrected chi connectivity index (χ2v) is 3.46. The van der Waals surface area contributed by atoms with Crippen molar-refractivity contribution in [3.8, 4) is 0 Å². The summed E-state index contributed by atoms with van der Waals surface area (Å²) < 4.78 is 11.0. The van der Waals surface area contributed by atoms with Crippen molar-refractivity contribution in [3.05, 3.63) is 0 Å². The first-order valence-electron chi connectivity index (χ1n) is 4.17. The number of rotatable bonds is 1.